The van der Waals surface area contributed by atoms with Gasteiger partial charge in [0.1, 0.15) is 0 Å². The SMILES string of the molecule is CCN(Cc1ccc(Cl)s1)C(=O)NC[C@@H]1CCOC1. The Labute approximate surface area is 122 Å². The third-order valence-corrected chi connectivity index (χ3v) is 4.43. The van der Waals surface area contributed by atoms with Crippen molar-refractivity contribution in [2.24, 2.45) is 5.92 Å². The molecule has 1 fully saturated rings. The number of amides is 2. The maximum atomic E-state index is 12.1. The Balaban J connectivity index is 1.80. The van der Waals surface area contributed by atoms with Crippen LogP contribution in [0.2, 0.25) is 4.34 Å². The number of ether oxygens (including phenoxy) is 1. The molecule has 19 heavy (non-hydrogen) atoms. The van der Waals surface area contributed by atoms with Crippen LogP contribution in [0, 0.1) is 5.92 Å². The van der Waals surface area contributed by atoms with Crippen molar-refractivity contribution in [1.29, 1.82) is 0 Å². The summed E-state index contributed by atoms with van der Waals surface area (Å²) in [4.78, 5) is 15.0. The third kappa shape index (κ3) is 4.37. The molecule has 1 aliphatic heterocycles. The van der Waals surface area contributed by atoms with E-state index in [1.165, 1.54) is 11.3 Å². The summed E-state index contributed by atoms with van der Waals surface area (Å²) in [5, 5.41) is 2.98. The first kappa shape index (κ1) is 14.6. The van der Waals surface area contributed by atoms with E-state index < -0.39 is 0 Å². The molecular weight excluding hydrogens is 284 g/mol. The molecule has 1 aliphatic rings. The largest absolute Gasteiger partial charge is 0.381 e. The molecule has 1 N–H and O–H groups in total. The van der Waals surface area contributed by atoms with Crippen LogP contribution in [-0.2, 0) is 11.3 Å². The van der Waals surface area contributed by atoms with Crippen LogP contribution < -0.4 is 5.32 Å². The van der Waals surface area contributed by atoms with Crippen LogP contribution in [0.5, 0.6) is 0 Å². The van der Waals surface area contributed by atoms with Gasteiger partial charge in [0.15, 0.2) is 0 Å². The Kier molecular flexibility index (Phi) is 5.48. The first-order valence-corrected chi connectivity index (χ1v) is 7.73. The van der Waals surface area contributed by atoms with Crippen LogP contribution in [0.15, 0.2) is 12.1 Å². The van der Waals surface area contributed by atoms with Crippen molar-refractivity contribution >= 4 is 29.0 Å². The number of hydrogen-bond donors (Lipinski definition) is 1. The third-order valence-electron chi connectivity index (χ3n) is 3.21. The standard InChI is InChI=1S/C13H19ClN2O2S/c1-2-16(8-11-3-4-12(14)19-11)13(17)15-7-10-5-6-18-9-10/h3-4,10H,2,5-9H2,1H3,(H,15,17)/t10-/m0/s1. The molecule has 0 aliphatic carbocycles. The fraction of sp³-hybridized carbons (Fsp3) is 0.615. The molecule has 106 valence electrons. The number of nitrogens with zero attached hydrogens (tertiary/aromatic N) is 1. The molecule has 2 amide bonds. The number of halogens is 1. The van der Waals surface area contributed by atoms with Crippen LogP contribution in [0.25, 0.3) is 0 Å². The maximum Gasteiger partial charge on any atom is 0.317 e. The van der Waals surface area contributed by atoms with E-state index in [4.69, 9.17) is 16.3 Å². The first-order chi connectivity index (χ1) is 9.19. The van der Waals surface area contributed by atoms with Crippen molar-refractivity contribution in [1.82, 2.24) is 10.2 Å². The quantitative estimate of drug-likeness (QED) is 0.908. The Morgan fingerprint density at radius 3 is 3.05 bits per heavy atom. The second-order valence-electron chi connectivity index (χ2n) is 4.64. The van der Waals surface area contributed by atoms with Gasteiger partial charge in [-0.1, -0.05) is 11.6 Å². The van der Waals surface area contributed by atoms with Gasteiger partial charge in [0.2, 0.25) is 0 Å². The first-order valence-electron chi connectivity index (χ1n) is 6.53. The monoisotopic (exact) mass is 302 g/mol. The molecule has 1 aromatic heterocycles. The Bertz CT molecular complexity index is 419. The fourth-order valence-corrected chi connectivity index (χ4v) is 3.14. The van der Waals surface area contributed by atoms with Crippen LogP contribution in [0.1, 0.15) is 18.2 Å². The molecule has 6 heteroatoms. The highest BCUT2D eigenvalue weighted by Gasteiger charge is 2.18. The molecular formula is C13H19ClN2O2S. The summed E-state index contributed by atoms with van der Waals surface area (Å²) in [6, 6.07) is 3.82. The number of carbonyl (C=O) groups excluding carboxylic acids is 1. The van der Waals surface area contributed by atoms with E-state index >= 15 is 0 Å². The van der Waals surface area contributed by atoms with Crippen molar-refractivity contribution in [3.63, 3.8) is 0 Å². The second-order valence-corrected chi connectivity index (χ2v) is 6.44. The predicted octanol–water partition coefficient (Wildman–Crippen LogP) is 2.97. The Morgan fingerprint density at radius 1 is 1.63 bits per heavy atom. The summed E-state index contributed by atoms with van der Waals surface area (Å²) < 4.78 is 6.06. The van der Waals surface area contributed by atoms with E-state index in [1.807, 2.05) is 19.1 Å². The van der Waals surface area contributed by atoms with Crippen LogP contribution in [0.4, 0.5) is 4.79 Å². The van der Waals surface area contributed by atoms with Crippen molar-refractivity contribution in [3.05, 3.63) is 21.3 Å². The molecule has 0 saturated carbocycles. The summed E-state index contributed by atoms with van der Waals surface area (Å²) in [6.45, 7) is 5.54. The minimum absolute atomic E-state index is 0.0149. The lowest BCUT2D eigenvalue weighted by Crippen LogP contribution is -2.41. The highest BCUT2D eigenvalue weighted by molar-refractivity contribution is 7.16. The van der Waals surface area contributed by atoms with E-state index in [0.29, 0.717) is 25.6 Å². The second kappa shape index (κ2) is 7.12. The highest BCUT2D eigenvalue weighted by atomic mass is 35.5. The average Bonchev–Trinajstić information content (AvgIpc) is 3.04. The molecule has 1 atom stereocenters. The fourth-order valence-electron chi connectivity index (χ4n) is 2.04. The van der Waals surface area contributed by atoms with Gasteiger partial charge in [0.25, 0.3) is 0 Å². The van der Waals surface area contributed by atoms with Crippen LogP contribution in [0.3, 0.4) is 0 Å². The molecule has 4 nitrogen and oxygen atoms in total. The summed E-state index contributed by atoms with van der Waals surface area (Å²) in [5.41, 5.74) is 0. The van der Waals surface area contributed by atoms with Gasteiger partial charge >= 0.3 is 6.03 Å². The summed E-state index contributed by atoms with van der Waals surface area (Å²) in [7, 11) is 0. The van der Waals surface area contributed by atoms with Crippen molar-refractivity contribution in [2.75, 3.05) is 26.3 Å². The number of rotatable bonds is 5. The molecule has 0 aromatic carbocycles. The van der Waals surface area contributed by atoms with E-state index in [-0.39, 0.29) is 6.03 Å². The van der Waals surface area contributed by atoms with E-state index in [9.17, 15) is 4.79 Å². The van der Waals surface area contributed by atoms with Gasteiger partial charge in [-0.2, -0.15) is 0 Å². The van der Waals surface area contributed by atoms with Gasteiger partial charge in [0, 0.05) is 30.5 Å². The van der Waals surface area contributed by atoms with E-state index in [2.05, 4.69) is 5.32 Å². The molecule has 1 aromatic rings. The topological polar surface area (TPSA) is 41.6 Å². The van der Waals surface area contributed by atoms with Gasteiger partial charge in [-0.3, -0.25) is 0 Å². The number of hydrogen-bond acceptors (Lipinski definition) is 3. The van der Waals surface area contributed by atoms with Crippen molar-refractivity contribution in [3.8, 4) is 0 Å². The zero-order chi connectivity index (χ0) is 13.7. The number of thiophene rings is 1. The number of carbonyl (C=O) groups is 1. The molecule has 0 spiro atoms. The molecule has 2 rings (SSSR count). The minimum Gasteiger partial charge on any atom is -0.381 e. The molecule has 1 saturated heterocycles. The smallest absolute Gasteiger partial charge is 0.317 e. The summed E-state index contributed by atoms with van der Waals surface area (Å²) >= 11 is 7.42. The zero-order valence-corrected chi connectivity index (χ0v) is 12.6. The lowest BCUT2D eigenvalue weighted by atomic mass is 10.1. The summed E-state index contributed by atoms with van der Waals surface area (Å²) in [5.74, 6) is 0.457. The van der Waals surface area contributed by atoms with Gasteiger partial charge in [-0.05, 0) is 25.5 Å². The van der Waals surface area contributed by atoms with Crippen molar-refractivity contribution < 1.29 is 9.53 Å². The number of urea groups is 1. The molecule has 2 heterocycles. The minimum atomic E-state index is -0.0149. The highest BCUT2D eigenvalue weighted by Crippen LogP contribution is 2.22. The van der Waals surface area contributed by atoms with Gasteiger partial charge < -0.3 is 15.0 Å². The zero-order valence-electron chi connectivity index (χ0n) is 11.0. The van der Waals surface area contributed by atoms with Gasteiger partial charge in [-0.15, -0.1) is 11.3 Å². The Hall–Kier alpha value is -0.780. The van der Waals surface area contributed by atoms with Crippen molar-refractivity contribution in [2.45, 2.75) is 19.9 Å². The lowest BCUT2D eigenvalue weighted by molar-refractivity contribution is 0.180. The molecule has 0 unspecified atom stereocenters. The van der Waals surface area contributed by atoms with Gasteiger partial charge in [-0.25, -0.2) is 4.79 Å². The molecule has 0 bridgehead atoms. The van der Waals surface area contributed by atoms with Crippen LogP contribution >= 0.6 is 22.9 Å². The van der Waals surface area contributed by atoms with E-state index in [1.54, 1.807) is 4.90 Å². The lowest BCUT2D eigenvalue weighted by Gasteiger charge is -2.21. The Morgan fingerprint density at radius 2 is 2.47 bits per heavy atom. The average molecular weight is 303 g/mol. The van der Waals surface area contributed by atoms with E-state index in [0.717, 1.165) is 28.8 Å². The predicted molar refractivity (Wildman–Crippen MR) is 77.7 cm³/mol. The maximum absolute atomic E-state index is 12.1. The normalized spacial score (nSPS) is 18.5. The molecule has 0 radical (unpaired) electrons. The summed E-state index contributed by atoms with van der Waals surface area (Å²) in [6.07, 6.45) is 1.03. The van der Waals surface area contributed by atoms with Gasteiger partial charge in [0.05, 0.1) is 17.5 Å². The number of nitrogens with one attached hydrogen (secondary N) is 1. The van der Waals surface area contributed by atoms with Crippen LogP contribution in [-0.4, -0.2) is 37.2 Å².